The molecule has 0 fully saturated rings. The van der Waals surface area contributed by atoms with Crippen LogP contribution in [0.1, 0.15) is 12.0 Å². The number of nitrogens with zero attached hydrogens (tertiary/aromatic N) is 3. The van der Waals surface area contributed by atoms with Crippen molar-refractivity contribution in [2.75, 3.05) is 20.3 Å². The third-order valence-electron chi connectivity index (χ3n) is 3.88. The summed E-state index contributed by atoms with van der Waals surface area (Å²) in [4.78, 5) is 16.1. The highest BCUT2D eigenvalue weighted by molar-refractivity contribution is 5.79. The van der Waals surface area contributed by atoms with Crippen LogP contribution in [0.3, 0.4) is 0 Å². The van der Waals surface area contributed by atoms with Gasteiger partial charge in [0.25, 0.3) is 0 Å². The molecule has 0 aliphatic carbocycles. The molecule has 7 nitrogen and oxygen atoms in total. The van der Waals surface area contributed by atoms with Crippen molar-refractivity contribution in [2.24, 2.45) is 5.92 Å². The summed E-state index contributed by atoms with van der Waals surface area (Å²) in [5, 5.41) is 6.99. The summed E-state index contributed by atoms with van der Waals surface area (Å²) in [6.45, 7) is 1.73. The number of carbonyl (C=O) groups excluding carboxylic acids is 1. The van der Waals surface area contributed by atoms with Crippen molar-refractivity contribution in [3.63, 3.8) is 0 Å². The lowest BCUT2D eigenvalue weighted by Gasteiger charge is -2.25. The average molecular weight is 316 g/mol. The third-order valence-corrected chi connectivity index (χ3v) is 3.88. The Balaban J connectivity index is 1.49. The number of amides is 1. The van der Waals surface area contributed by atoms with Crippen LogP contribution in [0.4, 0.5) is 0 Å². The van der Waals surface area contributed by atoms with E-state index in [2.05, 4.69) is 15.4 Å². The van der Waals surface area contributed by atoms with Crippen LogP contribution in [0.15, 0.2) is 30.9 Å². The zero-order valence-electron chi connectivity index (χ0n) is 13.1. The van der Waals surface area contributed by atoms with E-state index in [9.17, 15) is 4.79 Å². The maximum Gasteiger partial charge on any atom is 0.226 e. The first-order valence-electron chi connectivity index (χ1n) is 7.66. The molecule has 122 valence electrons. The van der Waals surface area contributed by atoms with Crippen molar-refractivity contribution in [3.05, 3.63) is 36.4 Å². The zero-order chi connectivity index (χ0) is 16.1. The lowest BCUT2D eigenvalue weighted by Crippen LogP contribution is -2.38. The summed E-state index contributed by atoms with van der Waals surface area (Å²) < 4.78 is 12.8. The summed E-state index contributed by atoms with van der Waals surface area (Å²) in [7, 11) is 1.62. The van der Waals surface area contributed by atoms with Gasteiger partial charge in [-0.3, -0.25) is 9.48 Å². The molecule has 7 heteroatoms. The van der Waals surface area contributed by atoms with E-state index in [4.69, 9.17) is 9.47 Å². The Morgan fingerprint density at radius 1 is 1.52 bits per heavy atom. The fraction of sp³-hybridized carbons (Fsp3) is 0.438. The monoisotopic (exact) mass is 316 g/mol. The number of benzene rings is 1. The van der Waals surface area contributed by atoms with Gasteiger partial charge in [-0.05, 0) is 24.5 Å². The Morgan fingerprint density at radius 3 is 3.22 bits per heavy atom. The van der Waals surface area contributed by atoms with Crippen LogP contribution in [0, 0.1) is 5.92 Å². The SMILES string of the molecule is COc1cccc2c1OC[C@@H](C(=O)NCCCn1cncn1)C2. The number of aryl methyl sites for hydroxylation is 1. The lowest BCUT2D eigenvalue weighted by molar-refractivity contribution is -0.126. The van der Waals surface area contributed by atoms with Gasteiger partial charge in [0, 0.05) is 13.1 Å². The quantitative estimate of drug-likeness (QED) is 0.806. The first kappa shape index (κ1) is 15.3. The molecular formula is C16H20N4O3. The number of fused-ring (bicyclic) bond motifs is 1. The Kier molecular flexibility index (Phi) is 4.75. The van der Waals surface area contributed by atoms with Crippen molar-refractivity contribution in [3.8, 4) is 11.5 Å². The summed E-state index contributed by atoms with van der Waals surface area (Å²) in [6.07, 6.45) is 4.65. The molecule has 1 atom stereocenters. The molecule has 23 heavy (non-hydrogen) atoms. The molecule has 1 N–H and O–H groups in total. The van der Waals surface area contributed by atoms with Gasteiger partial charge < -0.3 is 14.8 Å². The molecule has 1 aliphatic rings. The van der Waals surface area contributed by atoms with Gasteiger partial charge in [0.2, 0.25) is 5.91 Å². The van der Waals surface area contributed by atoms with E-state index in [-0.39, 0.29) is 11.8 Å². The first-order chi connectivity index (χ1) is 11.3. The van der Waals surface area contributed by atoms with E-state index in [1.807, 2.05) is 18.2 Å². The summed E-state index contributed by atoms with van der Waals surface area (Å²) in [6, 6.07) is 5.75. The highest BCUT2D eigenvalue weighted by atomic mass is 16.5. The number of aromatic nitrogens is 3. The van der Waals surface area contributed by atoms with Crippen molar-refractivity contribution < 1.29 is 14.3 Å². The second-order valence-electron chi connectivity index (χ2n) is 5.46. The topological polar surface area (TPSA) is 78.3 Å². The second-order valence-corrected chi connectivity index (χ2v) is 5.46. The lowest BCUT2D eigenvalue weighted by atomic mass is 9.95. The van der Waals surface area contributed by atoms with Crippen LogP contribution in [0.2, 0.25) is 0 Å². The predicted molar refractivity (Wildman–Crippen MR) is 83.3 cm³/mol. The van der Waals surface area contributed by atoms with Gasteiger partial charge in [0.05, 0.1) is 13.0 Å². The van der Waals surface area contributed by atoms with Crippen LogP contribution in [-0.2, 0) is 17.8 Å². The van der Waals surface area contributed by atoms with Gasteiger partial charge >= 0.3 is 0 Å². The van der Waals surface area contributed by atoms with Crippen LogP contribution in [-0.4, -0.2) is 40.9 Å². The molecule has 1 aromatic heterocycles. The van der Waals surface area contributed by atoms with Crippen molar-refractivity contribution >= 4 is 5.91 Å². The zero-order valence-corrected chi connectivity index (χ0v) is 13.1. The molecule has 1 aliphatic heterocycles. The van der Waals surface area contributed by atoms with Gasteiger partial charge in [-0.15, -0.1) is 0 Å². The van der Waals surface area contributed by atoms with Gasteiger partial charge in [-0.25, -0.2) is 4.98 Å². The van der Waals surface area contributed by atoms with Gasteiger partial charge in [-0.1, -0.05) is 12.1 Å². The molecule has 1 aromatic carbocycles. The largest absolute Gasteiger partial charge is 0.493 e. The van der Waals surface area contributed by atoms with E-state index in [1.165, 1.54) is 6.33 Å². The smallest absolute Gasteiger partial charge is 0.226 e. The minimum Gasteiger partial charge on any atom is -0.493 e. The van der Waals surface area contributed by atoms with E-state index < -0.39 is 0 Å². The highest BCUT2D eigenvalue weighted by Crippen LogP contribution is 2.35. The predicted octanol–water partition coefficient (Wildman–Crippen LogP) is 1.04. The first-order valence-corrected chi connectivity index (χ1v) is 7.66. The van der Waals surface area contributed by atoms with E-state index in [1.54, 1.807) is 18.1 Å². The number of methoxy groups -OCH3 is 1. The molecule has 0 spiro atoms. The molecule has 0 radical (unpaired) electrons. The number of hydrogen-bond donors (Lipinski definition) is 1. The van der Waals surface area contributed by atoms with Crippen LogP contribution < -0.4 is 14.8 Å². The van der Waals surface area contributed by atoms with E-state index in [0.29, 0.717) is 25.3 Å². The number of nitrogens with one attached hydrogen (secondary N) is 1. The minimum atomic E-state index is -0.166. The fourth-order valence-electron chi connectivity index (χ4n) is 2.67. The molecule has 0 saturated heterocycles. The molecule has 3 rings (SSSR count). The number of para-hydroxylation sites is 1. The number of rotatable bonds is 6. The van der Waals surface area contributed by atoms with Gasteiger partial charge in [0.15, 0.2) is 11.5 Å². The Hall–Kier alpha value is -2.57. The summed E-state index contributed by atoms with van der Waals surface area (Å²) >= 11 is 0. The van der Waals surface area contributed by atoms with E-state index >= 15 is 0 Å². The Labute approximate surface area is 134 Å². The van der Waals surface area contributed by atoms with Crippen LogP contribution in [0.25, 0.3) is 0 Å². The van der Waals surface area contributed by atoms with Crippen molar-refractivity contribution in [2.45, 2.75) is 19.4 Å². The number of hydrogen-bond acceptors (Lipinski definition) is 5. The Morgan fingerprint density at radius 2 is 2.43 bits per heavy atom. The third kappa shape index (κ3) is 3.61. The fourth-order valence-corrected chi connectivity index (χ4v) is 2.67. The maximum absolute atomic E-state index is 12.3. The number of carbonyl (C=O) groups is 1. The second kappa shape index (κ2) is 7.13. The standard InChI is InChI=1S/C16H20N4O3/c1-22-14-5-2-4-12-8-13(9-23-15(12)14)16(21)18-6-3-7-20-11-17-10-19-20/h2,4-5,10-11,13H,3,6-9H2,1H3,(H,18,21)/t13-/m0/s1. The Bertz CT molecular complexity index is 657. The molecule has 2 heterocycles. The maximum atomic E-state index is 12.3. The molecule has 0 unspecified atom stereocenters. The highest BCUT2D eigenvalue weighted by Gasteiger charge is 2.27. The molecule has 2 aromatic rings. The van der Waals surface area contributed by atoms with Gasteiger partial charge in [0.1, 0.15) is 19.3 Å². The number of ether oxygens (including phenoxy) is 2. The molecule has 0 saturated carbocycles. The van der Waals surface area contributed by atoms with Crippen molar-refractivity contribution in [1.29, 1.82) is 0 Å². The minimum absolute atomic E-state index is 0.0251. The normalized spacial score (nSPS) is 16.3. The van der Waals surface area contributed by atoms with Gasteiger partial charge in [-0.2, -0.15) is 5.10 Å². The molecule has 0 bridgehead atoms. The summed E-state index contributed by atoms with van der Waals surface area (Å²) in [5.74, 6) is 1.33. The van der Waals surface area contributed by atoms with E-state index in [0.717, 1.165) is 24.3 Å². The summed E-state index contributed by atoms with van der Waals surface area (Å²) in [5.41, 5.74) is 1.01. The van der Waals surface area contributed by atoms with Crippen molar-refractivity contribution in [1.82, 2.24) is 20.1 Å². The van der Waals surface area contributed by atoms with Crippen LogP contribution in [0.5, 0.6) is 11.5 Å². The molecule has 1 amide bonds. The van der Waals surface area contributed by atoms with Crippen LogP contribution >= 0.6 is 0 Å². The average Bonchev–Trinajstić information content (AvgIpc) is 3.10. The molecular weight excluding hydrogens is 296 g/mol.